The van der Waals surface area contributed by atoms with Gasteiger partial charge in [0.2, 0.25) is 0 Å². The molecule has 0 amide bonds. The minimum atomic E-state index is 0.703. The van der Waals surface area contributed by atoms with Crippen molar-refractivity contribution in [2.45, 2.75) is 45.1 Å². The number of piperidine rings is 1. The van der Waals surface area contributed by atoms with Crippen LogP contribution in [0.15, 0.2) is 6.20 Å². The van der Waals surface area contributed by atoms with Gasteiger partial charge < -0.3 is 9.88 Å². The van der Waals surface area contributed by atoms with Crippen LogP contribution in [0.4, 0.5) is 0 Å². The van der Waals surface area contributed by atoms with E-state index in [2.05, 4.69) is 23.0 Å². The first-order valence-electron chi connectivity index (χ1n) is 6.59. The van der Waals surface area contributed by atoms with Crippen molar-refractivity contribution in [2.75, 3.05) is 13.1 Å². The normalized spacial score (nSPS) is 26.7. The summed E-state index contributed by atoms with van der Waals surface area (Å²) < 4.78 is 2.39. The molecule has 0 aromatic carbocycles. The van der Waals surface area contributed by atoms with Crippen LogP contribution in [-0.2, 0) is 13.0 Å². The van der Waals surface area contributed by atoms with Crippen molar-refractivity contribution in [1.29, 1.82) is 0 Å². The van der Waals surface area contributed by atoms with E-state index in [4.69, 9.17) is 4.98 Å². The number of imidazole rings is 1. The van der Waals surface area contributed by atoms with Gasteiger partial charge in [-0.1, -0.05) is 6.92 Å². The third-order valence-electron chi connectivity index (χ3n) is 4.03. The van der Waals surface area contributed by atoms with Crippen molar-refractivity contribution in [3.8, 4) is 0 Å². The third-order valence-corrected chi connectivity index (χ3v) is 4.03. The highest BCUT2D eigenvalue weighted by atomic mass is 15.1. The number of nitrogens with one attached hydrogen (secondary N) is 1. The van der Waals surface area contributed by atoms with Gasteiger partial charge in [0.15, 0.2) is 0 Å². The highest BCUT2D eigenvalue weighted by molar-refractivity contribution is 5.12. The Balaban J connectivity index is 1.80. The molecule has 0 bridgehead atoms. The summed E-state index contributed by atoms with van der Waals surface area (Å²) in [6, 6.07) is 0. The van der Waals surface area contributed by atoms with Gasteiger partial charge in [0, 0.05) is 25.1 Å². The molecule has 3 rings (SSSR count). The molecule has 0 aliphatic carbocycles. The summed E-state index contributed by atoms with van der Waals surface area (Å²) in [6.45, 7) is 5.82. The number of rotatable bonds is 1. The lowest BCUT2D eigenvalue weighted by Crippen LogP contribution is -2.26. The molecule has 1 N–H and O–H groups in total. The summed E-state index contributed by atoms with van der Waals surface area (Å²) >= 11 is 0. The van der Waals surface area contributed by atoms with Crippen LogP contribution in [0.3, 0.4) is 0 Å². The van der Waals surface area contributed by atoms with Crippen molar-refractivity contribution >= 4 is 0 Å². The zero-order valence-electron chi connectivity index (χ0n) is 10.1. The fourth-order valence-electron chi connectivity index (χ4n) is 2.92. The number of hydrogen-bond acceptors (Lipinski definition) is 2. The van der Waals surface area contributed by atoms with Crippen LogP contribution in [0.5, 0.6) is 0 Å². The number of aryl methyl sites for hydroxylation is 1. The van der Waals surface area contributed by atoms with Crippen LogP contribution >= 0.6 is 0 Å². The Morgan fingerprint density at radius 2 is 2.12 bits per heavy atom. The van der Waals surface area contributed by atoms with E-state index in [1.165, 1.54) is 43.7 Å². The van der Waals surface area contributed by atoms with Gasteiger partial charge in [0.1, 0.15) is 5.82 Å². The SMILES string of the molecule is C[C@H]1CCn2cc(C3CCNCC3)nc2C1. The molecule has 3 heteroatoms. The largest absolute Gasteiger partial charge is 0.335 e. The van der Waals surface area contributed by atoms with E-state index in [1.807, 2.05) is 0 Å². The lowest BCUT2D eigenvalue weighted by molar-refractivity contribution is 0.409. The smallest absolute Gasteiger partial charge is 0.109 e. The van der Waals surface area contributed by atoms with Gasteiger partial charge in [-0.15, -0.1) is 0 Å². The summed E-state index contributed by atoms with van der Waals surface area (Å²) in [5, 5.41) is 3.42. The molecule has 16 heavy (non-hydrogen) atoms. The average Bonchev–Trinajstić information content (AvgIpc) is 2.73. The monoisotopic (exact) mass is 219 g/mol. The Labute approximate surface area is 97.3 Å². The molecule has 1 fully saturated rings. The van der Waals surface area contributed by atoms with E-state index in [1.54, 1.807) is 0 Å². The van der Waals surface area contributed by atoms with Gasteiger partial charge >= 0.3 is 0 Å². The number of fused-ring (bicyclic) bond motifs is 1. The molecule has 1 aromatic rings. The molecule has 0 saturated carbocycles. The summed E-state index contributed by atoms with van der Waals surface area (Å²) in [7, 11) is 0. The topological polar surface area (TPSA) is 29.9 Å². The Hall–Kier alpha value is -0.830. The van der Waals surface area contributed by atoms with Gasteiger partial charge in [-0.05, 0) is 38.3 Å². The van der Waals surface area contributed by atoms with E-state index in [0.717, 1.165) is 19.0 Å². The first-order valence-corrected chi connectivity index (χ1v) is 6.59. The zero-order valence-corrected chi connectivity index (χ0v) is 10.1. The van der Waals surface area contributed by atoms with E-state index in [0.29, 0.717) is 5.92 Å². The number of aromatic nitrogens is 2. The predicted octanol–water partition coefficient (Wildman–Crippen LogP) is 1.93. The van der Waals surface area contributed by atoms with Crippen LogP contribution in [0.2, 0.25) is 0 Å². The molecular formula is C13H21N3. The molecule has 88 valence electrons. The molecule has 2 aliphatic rings. The van der Waals surface area contributed by atoms with Crippen LogP contribution in [-0.4, -0.2) is 22.6 Å². The lowest BCUT2D eigenvalue weighted by atomic mass is 9.95. The maximum Gasteiger partial charge on any atom is 0.109 e. The average molecular weight is 219 g/mol. The van der Waals surface area contributed by atoms with Gasteiger partial charge in [-0.2, -0.15) is 0 Å². The summed E-state index contributed by atoms with van der Waals surface area (Å²) in [5.41, 5.74) is 1.35. The van der Waals surface area contributed by atoms with E-state index in [9.17, 15) is 0 Å². The first kappa shape index (κ1) is 10.3. The molecular weight excluding hydrogens is 198 g/mol. The molecule has 1 atom stereocenters. The van der Waals surface area contributed by atoms with Crippen LogP contribution in [0.1, 0.15) is 43.6 Å². The van der Waals surface area contributed by atoms with Gasteiger partial charge in [0.25, 0.3) is 0 Å². The fourth-order valence-corrected chi connectivity index (χ4v) is 2.92. The van der Waals surface area contributed by atoms with Crippen molar-refractivity contribution in [2.24, 2.45) is 5.92 Å². The Kier molecular flexibility index (Phi) is 2.72. The van der Waals surface area contributed by atoms with Crippen LogP contribution in [0.25, 0.3) is 0 Å². The van der Waals surface area contributed by atoms with Crippen LogP contribution in [0, 0.1) is 5.92 Å². The van der Waals surface area contributed by atoms with Crippen molar-refractivity contribution in [3.05, 3.63) is 17.7 Å². The maximum absolute atomic E-state index is 4.86. The molecule has 2 aliphatic heterocycles. The number of hydrogen-bond donors (Lipinski definition) is 1. The number of nitrogens with zero attached hydrogens (tertiary/aromatic N) is 2. The van der Waals surface area contributed by atoms with Gasteiger partial charge in [-0.3, -0.25) is 0 Å². The quantitative estimate of drug-likeness (QED) is 0.782. The standard InChI is InChI=1S/C13H21N3/c1-10-4-7-16-9-12(15-13(16)8-10)11-2-5-14-6-3-11/h9-11,14H,2-8H2,1H3/t10-/m0/s1. The second kappa shape index (κ2) is 4.21. The third kappa shape index (κ3) is 1.88. The predicted molar refractivity (Wildman–Crippen MR) is 64.6 cm³/mol. The summed E-state index contributed by atoms with van der Waals surface area (Å²) in [5.74, 6) is 2.85. The molecule has 1 saturated heterocycles. The zero-order chi connectivity index (χ0) is 11.0. The Morgan fingerprint density at radius 1 is 1.31 bits per heavy atom. The highest BCUT2D eigenvalue weighted by Crippen LogP contribution is 2.27. The maximum atomic E-state index is 4.86. The van der Waals surface area contributed by atoms with Gasteiger partial charge in [0.05, 0.1) is 5.69 Å². The molecule has 0 spiro atoms. The highest BCUT2D eigenvalue weighted by Gasteiger charge is 2.22. The van der Waals surface area contributed by atoms with E-state index in [-0.39, 0.29) is 0 Å². The first-order chi connectivity index (χ1) is 7.83. The van der Waals surface area contributed by atoms with E-state index >= 15 is 0 Å². The Bertz CT molecular complexity index is 363. The van der Waals surface area contributed by atoms with Crippen LogP contribution < -0.4 is 5.32 Å². The van der Waals surface area contributed by atoms with Crippen molar-refractivity contribution in [1.82, 2.24) is 14.9 Å². The summed E-state index contributed by atoms with van der Waals surface area (Å²) in [4.78, 5) is 4.86. The molecule has 3 nitrogen and oxygen atoms in total. The second-order valence-electron chi connectivity index (χ2n) is 5.40. The molecule has 0 radical (unpaired) electrons. The fraction of sp³-hybridized carbons (Fsp3) is 0.769. The van der Waals surface area contributed by atoms with Crippen molar-refractivity contribution in [3.63, 3.8) is 0 Å². The minimum Gasteiger partial charge on any atom is -0.335 e. The Morgan fingerprint density at radius 3 is 2.94 bits per heavy atom. The molecule has 0 unspecified atom stereocenters. The lowest BCUT2D eigenvalue weighted by Gasteiger charge is -2.20. The van der Waals surface area contributed by atoms with Crippen molar-refractivity contribution < 1.29 is 0 Å². The molecule has 3 heterocycles. The minimum absolute atomic E-state index is 0.703. The van der Waals surface area contributed by atoms with E-state index < -0.39 is 0 Å². The molecule has 1 aromatic heterocycles. The second-order valence-corrected chi connectivity index (χ2v) is 5.40. The van der Waals surface area contributed by atoms with Gasteiger partial charge in [-0.25, -0.2) is 4.98 Å². The summed E-state index contributed by atoms with van der Waals surface area (Å²) in [6.07, 6.45) is 7.31.